The zero-order valence-electron chi connectivity index (χ0n) is 43.5. The molecule has 0 N–H and O–H groups in total. The maximum atomic E-state index is 14.8. The average molecular weight is 965 g/mol. The van der Waals surface area contributed by atoms with Crippen LogP contribution in [0.4, 0.5) is 8.78 Å². The molecule has 0 radical (unpaired) electrons. The number of carbonyl (C=O) groups excluding carboxylic acids is 2. The zero-order valence-corrected chi connectivity index (χ0v) is 43.5. The lowest BCUT2D eigenvalue weighted by Crippen LogP contribution is -2.25. The van der Waals surface area contributed by atoms with Gasteiger partial charge in [0, 0.05) is 35.9 Å². The lowest BCUT2D eigenvalue weighted by molar-refractivity contribution is 0.0148. The van der Waals surface area contributed by atoms with Gasteiger partial charge < -0.3 is 9.47 Å². The summed E-state index contributed by atoms with van der Waals surface area (Å²) >= 11 is 0. The van der Waals surface area contributed by atoms with E-state index in [0.717, 1.165) is 100 Å². The number of benzene rings is 2. The fourth-order valence-corrected chi connectivity index (χ4v) is 10.1. The second-order valence-electron chi connectivity index (χ2n) is 20.3. The minimum absolute atomic E-state index is 0.0145. The molecule has 0 bridgehead atoms. The van der Waals surface area contributed by atoms with Crippen molar-refractivity contribution >= 4 is 11.9 Å². The topological polar surface area (TPSA) is 104 Å². The summed E-state index contributed by atoms with van der Waals surface area (Å²) in [4.78, 5) is 42.9. The van der Waals surface area contributed by atoms with Crippen LogP contribution in [0.15, 0.2) is 61.2 Å². The van der Waals surface area contributed by atoms with Crippen molar-refractivity contribution in [3.63, 3.8) is 0 Å². The Hall–Kier alpha value is -4.60. The van der Waals surface area contributed by atoms with E-state index in [1.807, 2.05) is 24.8 Å². The summed E-state index contributed by atoms with van der Waals surface area (Å²) < 4.78 is 40.8. The number of unbranched alkanes of at least 4 members (excludes halogenated alkanes) is 14. The Kier molecular flexibility index (Phi) is 26.1. The SMILES string of the molecule is CCCCCCCCCc1cnc(-c2ccc(C(=O)OC3CCC(CCC)CC3)c(F)c2)nc1.CCCCCCCCCc1cnc(-c2ccc(C(=O)OC3CCC(CCCCC)CC3)c(F)c2)nc1. The fourth-order valence-electron chi connectivity index (χ4n) is 10.1. The van der Waals surface area contributed by atoms with Gasteiger partial charge in [0.05, 0.1) is 11.1 Å². The average Bonchev–Trinajstić information content (AvgIpc) is 3.37. The van der Waals surface area contributed by atoms with E-state index in [2.05, 4.69) is 47.6 Å². The molecular formula is C60H86F2N4O4. The highest BCUT2D eigenvalue weighted by molar-refractivity contribution is 5.91. The molecule has 70 heavy (non-hydrogen) atoms. The summed E-state index contributed by atoms with van der Waals surface area (Å²) in [6.07, 6.45) is 42.2. The lowest BCUT2D eigenvalue weighted by atomic mass is 9.84. The highest BCUT2D eigenvalue weighted by atomic mass is 19.1. The number of nitrogens with zero attached hydrogens (tertiary/aromatic N) is 4. The van der Waals surface area contributed by atoms with E-state index in [4.69, 9.17) is 9.47 Å². The molecule has 2 aromatic carbocycles. The molecule has 2 aliphatic carbocycles. The van der Waals surface area contributed by atoms with Crippen LogP contribution in [0.3, 0.4) is 0 Å². The monoisotopic (exact) mass is 965 g/mol. The number of rotatable bonds is 28. The summed E-state index contributed by atoms with van der Waals surface area (Å²) in [6.45, 7) is 8.90. The number of ether oxygens (including phenoxy) is 2. The molecule has 0 amide bonds. The van der Waals surface area contributed by atoms with E-state index in [-0.39, 0.29) is 23.3 Å². The summed E-state index contributed by atoms with van der Waals surface area (Å²) in [5, 5.41) is 0. The van der Waals surface area contributed by atoms with Gasteiger partial charge in [-0.3, -0.25) is 0 Å². The van der Waals surface area contributed by atoms with Gasteiger partial charge in [-0.05, 0) is 124 Å². The van der Waals surface area contributed by atoms with Crippen LogP contribution in [-0.4, -0.2) is 44.1 Å². The van der Waals surface area contributed by atoms with Crippen molar-refractivity contribution in [2.45, 2.75) is 233 Å². The number of carbonyl (C=O) groups is 2. The van der Waals surface area contributed by atoms with Gasteiger partial charge in [0.2, 0.25) is 0 Å². The Labute approximate surface area is 420 Å². The fraction of sp³-hybridized carbons (Fsp3) is 0.633. The van der Waals surface area contributed by atoms with Crippen LogP contribution in [-0.2, 0) is 22.3 Å². The summed E-state index contributed by atoms with van der Waals surface area (Å²) in [5.41, 5.74) is 3.31. The Balaban J connectivity index is 0.000000261. The van der Waals surface area contributed by atoms with Crippen LogP contribution in [0.25, 0.3) is 22.8 Å². The second-order valence-corrected chi connectivity index (χ2v) is 20.3. The molecule has 10 heteroatoms. The van der Waals surface area contributed by atoms with Crippen LogP contribution in [0, 0.1) is 23.5 Å². The van der Waals surface area contributed by atoms with Crippen molar-refractivity contribution in [1.29, 1.82) is 0 Å². The van der Waals surface area contributed by atoms with Crippen LogP contribution in [0.2, 0.25) is 0 Å². The highest BCUT2D eigenvalue weighted by Gasteiger charge is 2.27. The first kappa shape index (κ1) is 56.3. The Morgan fingerprint density at radius 2 is 0.814 bits per heavy atom. The number of halogens is 2. The predicted octanol–water partition coefficient (Wildman–Crippen LogP) is 17.0. The standard InChI is InChI=1S/C31H45FN2O2.C29H41FN2O2/c1-3-5-7-8-9-10-12-14-25-22-33-30(34-23-25)26-17-20-28(29(32)21-26)31(35)36-27-18-15-24(16-19-27)13-11-6-4-2;1-3-5-6-7-8-9-10-12-23-20-31-28(32-21-23)24-15-18-26(27(30)19-24)29(33)34-25-16-13-22(11-4-2)14-17-25/h17,20-24,27H,3-16,18-19H2,1-2H3;15,18-22,25H,3-14,16-17H2,1-2H3. The van der Waals surface area contributed by atoms with Crippen LogP contribution < -0.4 is 0 Å². The van der Waals surface area contributed by atoms with Gasteiger partial charge in [-0.1, -0.05) is 155 Å². The van der Waals surface area contributed by atoms with Crippen molar-refractivity contribution in [2.24, 2.45) is 11.8 Å². The normalized spacial score (nSPS) is 17.9. The summed E-state index contributed by atoms with van der Waals surface area (Å²) in [5.74, 6) is 0.102. The first-order chi connectivity index (χ1) is 34.2. The van der Waals surface area contributed by atoms with Gasteiger partial charge in [0.1, 0.15) is 23.8 Å². The van der Waals surface area contributed by atoms with E-state index < -0.39 is 23.6 Å². The molecule has 0 unspecified atom stereocenters. The molecule has 0 atom stereocenters. The van der Waals surface area contributed by atoms with Gasteiger partial charge in [0.15, 0.2) is 11.6 Å². The molecule has 2 aromatic heterocycles. The van der Waals surface area contributed by atoms with E-state index in [1.54, 1.807) is 12.1 Å². The zero-order chi connectivity index (χ0) is 49.8. The minimum Gasteiger partial charge on any atom is -0.459 e. The van der Waals surface area contributed by atoms with Crippen LogP contribution in [0.1, 0.15) is 239 Å². The molecule has 2 heterocycles. The van der Waals surface area contributed by atoms with Gasteiger partial charge in [-0.25, -0.2) is 38.3 Å². The van der Waals surface area contributed by atoms with Crippen molar-refractivity contribution < 1.29 is 27.8 Å². The minimum atomic E-state index is -0.585. The molecule has 6 rings (SSSR count). The third-order valence-electron chi connectivity index (χ3n) is 14.5. The van der Waals surface area contributed by atoms with E-state index in [9.17, 15) is 18.4 Å². The van der Waals surface area contributed by atoms with E-state index in [0.29, 0.717) is 22.8 Å². The first-order valence-corrected chi connectivity index (χ1v) is 27.8. The molecule has 4 aromatic rings. The second kappa shape index (κ2) is 32.4. The maximum Gasteiger partial charge on any atom is 0.341 e. The molecular weight excluding hydrogens is 879 g/mol. The van der Waals surface area contributed by atoms with Crippen LogP contribution >= 0.6 is 0 Å². The Bertz CT molecular complexity index is 2080. The predicted molar refractivity (Wildman–Crippen MR) is 280 cm³/mol. The van der Waals surface area contributed by atoms with Crippen molar-refractivity contribution in [3.8, 4) is 22.8 Å². The van der Waals surface area contributed by atoms with Gasteiger partial charge in [-0.2, -0.15) is 0 Å². The number of aromatic nitrogens is 4. The quantitative estimate of drug-likeness (QED) is 0.0409. The largest absolute Gasteiger partial charge is 0.459 e. The Morgan fingerprint density at radius 1 is 0.457 bits per heavy atom. The van der Waals surface area contributed by atoms with Crippen molar-refractivity contribution in [1.82, 2.24) is 19.9 Å². The molecule has 0 saturated heterocycles. The number of hydrogen-bond donors (Lipinski definition) is 0. The van der Waals surface area contributed by atoms with E-state index in [1.165, 1.54) is 140 Å². The lowest BCUT2D eigenvalue weighted by Gasteiger charge is -2.28. The van der Waals surface area contributed by atoms with Gasteiger partial charge >= 0.3 is 11.9 Å². The molecule has 0 spiro atoms. The highest BCUT2D eigenvalue weighted by Crippen LogP contribution is 2.32. The number of aryl methyl sites for hydroxylation is 2. The van der Waals surface area contributed by atoms with Crippen molar-refractivity contribution in [2.75, 3.05) is 0 Å². The van der Waals surface area contributed by atoms with Gasteiger partial charge in [0.25, 0.3) is 0 Å². The molecule has 2 saturated carbocycles. The van der Waals surface area contributed by atoms with Gasteiger partial charge in [-0.15, -0.1) is 0 Å². The van der Waals surface area contributed by atoms with Crippen LogP contribution in [0.5, 0.6) is 0 Å². The van der Waals surface area contributed by atoms with Crippen molar-refractivity contribution in [3.05, 3.63) is 95.1 Å². The third kappa shape index (κ3) is 19.9. The molecule has 2 aliphatic rings. The molecule has 8 nitrogen and oxygen atoms in total. The number of hydrogen-bond acceptors (Lipinski definition) is 8. The smallest absolute Gasteiger partial charge is 0.341 e. The first-order valence-electron chi connectivity index (χ1n) is 27.8. The number of esters is 2. The molecule has 384 valence electrons. The molecule has 2 fully saturated rings. The third-order valence-corrected chi connectivity index (χ3v) is 14.5. The summed E-state index contributed by atoms with van der Waals surface area (Å²) in [6, 6.07) is 9.07. The Morgan fingerprint density at radius 3 is 1.19 bits per heavy atom. The van der Waals surface area contributed by atoms with E-state index >= 15 is 0 Å². The summed E-state index contributed by atoms with van der Waals surface area (Å²) in [7, 11) is 0. The molecule has 0 aliphatic heterocycles. The maximum absolute atomic E-state index is 14.8.